The summed E-state index contributed by atoms with van der Waals surface area (Å²) in [5.74, 6) is -1.26. The van der Waals surface area contributed by atoms with Crippen LogP contribution in [-0.4, -0.2) is 25.7 Å². The highest BCUT2D eigenvalue weighted by molar-refractivity contribution is 6.31. The third-order valence-electron chi connectivity index (χ3n) is 3.90. The van der Waals surface area contributed by atoms with Crippen LogP contribution in [0.2, 0.25) is 5.02 Å². The van der Waals surface area contributed by atoms with E-state index in [-0.39, 0.29) is 11.5 Å². The van der Waals surface area contributed by atoms with Gasteiger partial charge in [-0.05, 0) is 30.3 Å². The van der Waals surface area contributed by atoms with Crippen LogP contribution in [0.3, 0.4) is 0 Å². The molecule has 2 heterocycles. The predicted octanol–water partition coefficient (Wildman–Crippen LogP) is 3.56. The van der Waals surface area contributed by atoms with Crippen molar-refractivity contribution < 1.29 is 9.18 Å². The quantitative estimate of drug-likeness (QED) is 0.596. The molecule has 4 aromatic rings. The van der Waals surface area contributed by atoms with Crippen LogP contribution in [0.15, 0.2) is 42.5 Å². The van der Waals surface area contributed by atoms with Crippen molar-refractivity contribution in [3.63, 3.8) is 0 Å². The van der Waals surface area contributed by atoms with Crippen molar-refractivity contribution in [2.24, 2.45) is 7.05 Å². The second-order valence-electron chi connectivity index (χ2n) is 5.46. The number of nitrogens with zero attached hydrogens (tertiary/aromatic N) is 4. The lowest BCUT2D eigenvalue weighted by molar-refractivity contribution is 0.102. The molecule has 8 heteroatoms. The minimum Gasteiger partial charge on any atom is -0.327 e. The number of carbonyl (C=O) groups is 1. The number of anilines is 1. The number of fused-ring (bicyclic) bond motifs is 3. The van der Waals surface area contributed by atoms with Crippen LogP contribution < -0.4 is 5.32 Å². The summed E-state index contributed by atoms with van der Waals surface area (Å²) in [7, 11) is 1.83. The van der Waals surface area contributed by atoms with Crippen LogP contribution >= 0.6 is 11.6 Å². The number of hydrogen-bond acceptors (Lipinski definition) is 4. The third-order valence-corrected chi connectivity index (χ3v) is 4.14. The Morgan fingerprint density at radius 1 is 1.20 bits per heavy atom. The fourth-order valence-electron chi connectivity index (χ4n) is 2.70. The molecule has 4 rings (SSSR count). The summed E-state index contributed by atoms with van der Waals surface area (Å²) >= 11 is 6.04. The fourth-order valence-corrected chi connectivity index (χ4v) is 2.87. The van der Waals surface area contributed by atoms with Crippen molar-refractivity contribution in [1.82, 2.24) is 19.7 Å². The number of halogens is 2. The summed E-state index contributed by atoms with van der Waals surface area (Å²) < 4.78 is 15.5. The number of amides is 1. The van der Waals surface area contributed by atoms with Crippen molar-refractivity contribution in [3.8, 4) is 0 Å². The van der Waals surface area contributed by atoms with Gasteiger partial charge in [0.1, 0.15) is 11.3 Å². The molecule has 0 saturated heterocycles. The van der Waals surface area contributed by atoms with Crippen molar-refractivity contribution in [1.29, 1.82) is 0 Å². The van der Waals surface area contributed by atoms with Crippen molar-refractivity contribution in [2.45, 2.75) is 0 Å². The molecule has 1 N–H and O–H groups in total. The average Bonchev–Trinajstić information content (AvgIpc) is 2.87. The highest BCUT2D eigenvalue weighted by Gasteiger charge is 2.16. The van der Waals surface area contributed by atoms with Crippen molar-refractivity contribution in [2.75, 3.05) is 5.32 Å². The van der Waals surface area contributed by atoms with Crippen LogP contribution in [0.1, 0.15) is 10.4 Å². The number of nitrogens with one attached hydrogen (secondary N) is 1. The predicted molar refractivity (Wildman–Crippen MR) is 93.2 cm³/mol. The normalized spacial score (nSPS) is 11.2. The number of aryl methyl sites for hydroxylation is 1. The van der Waals surface area contributed by atoms with E-state index >= 15 is 0 Å². The van der Waals surface area contributed by atoms with Gasteiger partial charge < -0.3 is 4.57 Å². The molecule has 0 atom stereocenters. The van der Waals surface area contributed by atoms with Gasteiger partial charge in [-0.25, -0.2) is 4.39 Å². The topological polar surface area (TPSA) is 72.7 Å². The highest BCUT2D eigenvalue weighted by atomic mass is 35.5. The minimum absolute atomic E-state index is 0.00208. The molecule has 0 unspecified atom stereocenters. The molecular weight excluding hydrogens is 345 g/mol. The zero-order valence-corrected chi connectivity index (χ0v) is 13.8. The van der Waals surface area contributed by atoms with Gasteiger partial charge in [-0.3, -0.25) is 10.1 Å². The molecule has 124 valence electrons. The molecule has 0 fully saturated rings. The molecule has 0 bridgehead atoms. The summed E-state index contributed by atoms with van der Waals surface area (Å²) in [6.07, 6.45) is 0. The molecule has 0 aliphatic rings. The second-order valence-corrected chi connectivity index (χ2v) is 5.90. The van der Waals surface area contributed by atoms with Gasteiger partial charge in [0.25, 0.3) is 11.9 Å². The van der Waals surface area contributed by atoms with Crippen LogP contribution in [0.25, 0.3) is 22.1 Å². The molecule has 0 aliphatic heterocycles. The standard InChI is InChI=1S/C17H11ClFN5O/c1-24-13-7-6-9(18)8-11(13)14-15(24)20-17(23-22-14)21-16(25)10-4-2-3-5-12(10)19/h2-8H,1H3,(H,20,21,23,25). The maximum Gasteiger partial charge on any atom is 0.261 e. The molecule has 6 nitrogen and oxygen atoms in total. The van der Waals surface area contributed by atoms with Crippen molar-refractivity contribution in [3.05, 3.63) is 58.9 Å². The fraction of sp³-hybridized carbons (Fsp3) is 0.0588. The first-order valence-electron chi connectivity index (χ1n) is 7.39. The van der Waals surface area contributed by atoms with Gasteiger partial charge in [-0.2, -0.15) is 4.98 Å². The Kier molecular flexibility index (Phi) is 3.58. The van der Waals surface area contributed by atoms with Crippen molar-refractivity contribution >= 4 is 45.5 Å². The van der Waals surface area contributed by atoms with E-state index < -0.39 is 11.7 Å². The summed E-state index contributed by atoms with van der Waals surface area (Å²) in [5, 5.41) is 11.9. The van der Waals surface area contributed by atoms with Crippen LogP contribution in [0.5, 0.6) is 0 Å². The highest BCUT2D eigenvalue weighted by Crippen LogP contribution is 2.27. The lowest BCUT2D eigenvalue weighted by Crippen LogP contribution is -2.16. The number of hydrogen-bond donors (Lipinski definition) is 1. The Morgan fingerprint density at radius 3 is 2.80 bits per heavy atom. The molecule has 25 heavy (non-hydrogen) atoms. The zero-order valence-electron chi connectivity index (χ0n) is 13.0. The third kappa shape index (κ3) is 2.58. The van der Waals surface area contributed by atoms with Gasteiger partial charge in [0.15, 0.2) is 5.65 Å². The van der Waals surface area contributed by atoms with Gasteiger partial charge in [-0.15, -0.1) is 10.2 Å². The van der Waals surface area contributed by atoms with Gasteiger partial charge in [0.2, 0.25) is 0 Å². The molecule has 2 aromatic carbocycles. The smallest absolute Gasteiger partial charge is 0.261 e. The second kappa shape index (κ2) is 5.78. The largest absolute Gasteiger partial charge is 0.327 e. The molecule has 2 aromatic heterocycles. The monoisotopic (exact) mass is 355 g/mol. The van der Waals surface area contributed by atoms with E-state index in [0.717, 1.165) is 10.9 Å². The van der Waals surface area contributed by atoms with E-state index in [1.54, 1.807) is 18.2 Å². The SMILES string of the molecule is Cn1c2ccc(Cl)cc2c2nnc(NC(=O)c3ccccc3F)nc21. The van der Waals surface area contributed by atoms with Crippen LogP contribution in [-0.2, 0) is 7.05 Å². The first-order valence-corrected chi connectivity index (χ1v) is 7.76. The average molecular weight is 356 g/mol. The van der Waals surface area contributed by atoms with Gasteiger partial charge in [0, 0.05) is 17.5 Å². The first kappa shape index (κ1) is 15.5. The number of benzene rings is 2. The summed E-state index contributed by atoms with van der Waals surface area (Å²) in [4.78, 5) is 16.5. The Morgan fingerprint density at radius 2 is 2.00 bits per heavy atom. The van der Waals surface area contributed by atoms with E-state index in [9.17, 15) is 9.18 Å². The van der Waals surface area contributed by atoms with E-state index in [1.165, 1.54) is 18.2 Å². The summed E-state index contributed by atoms with van der Waals surface area (Å²) in [6, 6.07) is 11.1. The molecule has 0 radical (unpaired) electrons. The zero-order chi connectivity index (χ0) is 17.6. The van der Waals surface area contributed by atoms with E-state index in [1.807, 2.05) is 17.7 Å². The number of rotatable bonds is 2. The molecule has 0 spiro atoms. The molecule has 0 saturated carbocycles. The number of aromatic nitrogens is 4. The van der Waals surface area contributed by atoms with Crippen LogP contribution in [0.4, 0.5) is 10.3 Å². The molecule has 0 aliphatic carbocycles. The lowest BCUT2D eigenvalue weighted by Gasteiger charge is -2.04. The lowest BCUT2D eigenvalue weighted by atomic mass is 10.2. The Balaban J connectivity index is 1.77. The Labute approximate surface area is 146 Å². The summed E-state index contributed by atoms with van der Waals surface area (Å²) in [6.45, 7) is 0. The Bertz CT molecular complexity index is 1140. The molecule has 1 amide bonds. The maximum absolute atomic E-state index is 13.7. The molecular formula is C17H11ClFN5O. The maximum atomic E-state index is 13.7. The van der Waals surface area contributed by atoms with E-state index in [4.69, 9.17) is 11.6 Å². The van der Waals surface area contributed by atoms with Gasteiger partial charge in [-0.1, -0.05) is 23.7 Å². The van der Waals surface area contributed by atoms with Gasteiger partial charge >= 0.3 is 0 Å². The minimum atomic E-state index is -0.638. The van der Waals surface area contributed by atoms with Crippen LogP contribution in [0, 0.1) is 5.82 Å². The Hall–Kier alpha value is -3.06. The number of carbonyl (C=O) groups excluding carboxylic acids is 1. The summed E-state index contributed by atoms with van der Waals surface area (Å²) in [5.41, 5.74) is 1.91. The first-order chi connectivity index (χ1) is 12.0. The van der Waals surface area contributed by atoms with Gasteiger partial charge in [0.05, 0.1) is 11.1 Å². The van der Waals surface area contributed by atoms with E-state index in [0.29, 0.717) is 16.2 Å². The van der Waals surface area contributed by atoms with E-state index in [2.05, 4.69) is 20.5 Å².